The van der Waals surface area contributed by atoms with Gasteiger partial charge in [-0.1, -0.05) is 0 Å². The molecule has 6 N–H and O–H groups in total. The van der Waals surface area contributed by atoms with Crippen LogP contribution in [0.15, 0.2) is 0 Å². The van der Waals surface area contributed by atoms with Crippen LogP contribution in [0.3, 0.4) is 0 Å². The fraction of sp³-hybridized carbons (Fsp3) is 0.800. The van der Waals surface area contributed by atoms with Gasteiger partial charge in [-0.3, -0.25) is 28.8 Å². The molecule has 0 aromatic carbocycles. The molecule has 0 aliphatic carbocycles. The molecule has 0 aromatic rings. The minimum Gasteiger partial charge on any atom is -0.282 e. The third kappa shape index (κ3) is 15.1. The van der Waals surface area contributed by atoms with Crippen molar-refractivity contribution in [2.75, 3.05) is 0 Å². The topological polar surface area (TPSA) is 128 Å². The van der Waals surface area contributed by atoms with E-state index < -0.39 is 124 Å². The monoisotopic (exact) mass is 1060 g/mol. The van der Waals surface area contributed by atoms with E-state index in [1.807, 2.05) is 0 Å². The first-order valence-corrected chi connectivity index (χ1v) is 14.9. The van der Waals surface area contributed by atoms with Crippen LogP contribution in [0.1, 0.15) is 81.6 Å². The van der Waals surface area contributed by atoms with Gasteiger partial charge in [0.2, 0.25) is 0 Å². The van der Waals surface area contributed by atoms with Crippen molar-refractivity contribution in [3.63, 3.8) is 0 Å². The second-order valence-corrected chi connectivity index (χ2v) is 14.9. The smallest absolute Gasteiger partial charge is 0.282 e. The molecule has 0 saturated carbocycles. The van der Waals surface area contributed by atoms with E-state index in [4.69, 9.17) is 14.4 Å². The molecule has 0 bridgehead atoms. The van der Waals surface area contributed by atoms with Crippen LogP contribution in [-0.2, 0) is 0 Å². The van der Waals surface area contributed by atoms with Crippen LogP contribution in [0.4, 0.5) is 92.2 Å². The summed E-state index contributed by atoms with van der Waals surface area (Å²) in [7, 11) is 0. The molecule has 0 amide bonds. The second-order valence-electron chi connectivity index (χ2n) is 14.9. The Morgan fingerprint density at radius 2 is 0.397 bits per heavy atom. The first kappa shape index (κ1) is 62.5. The van der Waals surface area contributed by atoms with Crippen LogP contribution in [0.2, 0.25) is 0 Å². The van der Waals surface area contributed by atoms with Crippen LogP contribution >= 0.6 is 0 Å². The van der Waals surface area contributed by atoms with Crippen LogP contribution < -0.4 is 0 Å². The number of carbonyl (C=O) groups excluding carboxylic acids is 6. The maximum atomic E-state index is 13.0. The Morgan fingerprint density at radius 3 is 0.483 bits per heavy atom. The Balaban J connectivity index is -0.000000374. The molecular weight excluding hydrogens is 1020 g/mol. The van der Waals surface area contributed by atoms with Gasteiger partial charge in [-0.2, -0.15) is 92.2 Å². The third-order valence-electron chi connectivity index (χ3n) is 6.94. The molecule has 346 valence electrons. The van der Waals surface area contributed by atoms with Gasteiger partial charge in [0.15, 0.2) is 19.3 Å². The molecule has 28 heteroatoms. The van der Waals surface area contributed by atoms with Crippen molar-refractivity contribution in [3.8, 4) is 0 Å². The van der Waals surface area contributed by atoms with Crippen molar-refractivity contribution in [2.45, 2.75) is 136 Å². The van der Waals surface area contributed by atoms with Crippen molar-refractivity contribution >= 4 is 34.7 Å². The van der Waals surface area contributed by atoms with E-state index in [9.17, 15) is 107 Å². The summed E-state index contributed by atoms with van der Waals surface area (Å²) in [4.78, 5) is 54.2. The number of ketones is 6. The Kier molecular flexibility index (Phi) is 20.7. The Hall–Kier alpha value is -2.18. The van der Waals surface area contributed by atoms with Crippen LogP contribution in [-0.4, -0.2) is 118 Å². The molecule has 0 atom stereocenters. The normalized spacial score (nSPS) is 14.2. The van der Waals surface area contributed by atoms with Gasteiger partial charge < -0.3 is 0 Å². The number of halogens is 21. The van der Waals surface area contributed by atoms with Crippen LogP contribution in [0.5, 0.6) is 0 Å². The summed E-state index contributed by atoms with van der Waals surface area (Å²) in [6.45, 7) is 11.7. The first-order valence-electron chi connectivity index (χ1n) is 14.9. The fourth-order valence-corrected chi connectivity index (χ4v) is 2.68. The number of rotatable bonds is 12. The molecule has 0 rings (SSSR count). The molecule has 0 unspecified atom stereocenters. The summed E-state index contributed by atoms with van der Waals surface area (Å²) < 4.78 is 260. The predicted molar refractivity (Wildman–Crippen MR) is 162 cm³/mol. The number of hydrogen-bond donors (Lipinski definition) is 0. The van der Waals surface area contributed by atoms with Gasteiger partial charge in [0.05, 0.1) is 16.2 Å². The molecule has 0 heterocycles. The molecule has 58 heavy (non-hydrogen) atoms. The molecular formula is C30H39DyF21O6+6. The molecule has 0 aliphatic rings. The summed E-state index contributed by atoms with van der Waals surface area (Å²) >= 11 is 0. The quantitative estimate of drug-likeness (QED) is 0.105. The zero-order valence-electron chi connectivity index (χ0n) is 31.1. The van der Waals surface area contributed by atoms with Crippen molar-refractivity contribution in [1.29, 1.82) is 0 Å². The summed E-state index contributed by atoms with van der Waals surface area (Å²) in [5.41, 5.74) is -3.47. The Labute approximate surface area is 344 Å². The van der Waals surface area contributed by atoms with Gasteiger partial charge in [-0.15, -0.1) is 0 Å². The van der Waals surface area contributed by atoms with Crippen LogP contribution in [0.25, 0.3) is 0 Å². The molecule has 0 saturated heterocycles. The SMILES string of the molecule is CC(C)(C)C(=[OH+])CC(=[OH+])C(F)(F)C(F)(F)C(F)(F)F.CC(C)(C)C(=[OH+])CC(=[OH+])C(F)(F)C(F)(F)C(F)(F)F.CC(C)(C)C(=[OH+])CC(=[OH+])C(F)(F)C(F)(F)C(F)(F)F.[Dy]. The van der Waals surface area contributed by atoms with Gasteiger partial charge in [-0.25, -0.2) is 0 Å². The molecule has 0 aliphatic heterocycles. The maximum absolute atomic E-state index is 13.0. The molecule has 6 nitrogen and oxygen atoms in total. The van der Waals surface area contributed by atoms with E-state index in [0.717, 1.165) is 0 Å². The predicted octanol–water partition coefficient (Wildman–Crippen LogP) is 10.0. The van der Waals surface area contributed by atoms with Gasteiger partial charge in [-0.05, 0) is 62.3 Å². The third-order valence-corrected chi connectivity index (χ3v) is 6.94. The Morgan fingerprint density at radius 1 is 0.276 bits per heavy atom. The van der Waals surface area contributed by atoms with Crippen molar-refractivity contribution in [2.24, 2.45) is 16.2 Å². The van der Waals surface area contributed by atoms with E-state index in [-0.39, 0.29) is 38.2 Å². The average molecular weight is 1060 g/mol. The maximum Gasteiger partial charge on any atom is 0.460 e. The van der Waals surface area contributed by atoms with E-state index in [1.54, 1.807) is 0 Å². The summed E-state index contributed by atoms with van der Waals surface area (Å²) in [6, 6.07) is 0. The second kappa shape index (κ2) is 19.3. The summed E-state index contributed by atoms with van der Waals surface area (Å²) in [5, 5.41) is 0. The van der Waals surface area contributed by atoms with Gasteiger partial charge in [0.25, 0.3) is 0 Å². The standard InChI is InChI=1S/3C10H11F7O2.Dy/c3*1-7(2,3)5(18)4-6(19)8(11,12)9(13,14)10(15,16)17;/h3*4H2,1-3H3;/p+6. The van der Waals surface area contributed by atoms with Crippen molar-refractivity contribution in [1.82, 2.24) is 0 Å². The number of alkyl halides is 21. The van der Waals surface area contributed by atoms with E-state index >= 15 is 0 Å². The summed E-state index contributed by atoms with van der Waals surface area (Å²) in [6.07, 6.45) is -24.0. The van der Waals surface area contributed by atoms with Crippen molar-refractivity contribution in [3.05, 3.63) is 0 Å². The largest absolute Gasteiger partial charge is 0.460 e. The Bertz CT molecular complexity index is 1310. The first-order chi connectivity index (χ1) is 24.1. The fourth-order valence-electron chi connectivity index (χ4n) is 2.68. The van der Waals surface area contributed by atoms with Gasteiger partial charge in [0, 0.05) is 38.2 Å². The molecule has 0 radical (unpaired) electrons. The van der Waals surface area contributed by atoms with Crippen LogP contribution in [0, 0.1) is 54.4 Å². The molecule has 0 spiro atoms. The van der Waals surface area contributed by atoms with E-state index in [1.165, 1.54) is 62.3 Å². The molecule has 0 fully saturated rings. The van der Waals surface area contributed by atoms with E-state index in [2.05, 4.69) is 0 Å². The zero-order chi connectivity index (χ0) is 47.6. The minimum atomic E-state index is -6.53. The summed E-state index contributed by atoms with van der Waals surface area (Å²) in [5.74, 6) is -46.6. The molecule has 0 aromatic heterocycles. The average Bonchev–Trinajstić information content (AvgIpc) is 2.93. The van der Waals surface area contributed by atoms with Gasteiger partial charge in [0.1, 0.15) is 0 Å². The minimum absolute atomic E-state index is 0. The van der Waals surface area contributed by atoms with Crippen molar-refractivity contribution < 1.29 is 159 Å². The van der Waals surface area contributed by atoms with Gasteiger partial charge >= 0.3 is 88.8 Å². The zero-order valence-corrected chi connectivity index (χ0v) is 33.1. The van der Waals surface area contributed by atoms with E-state index in [0.29, 0.717) is 0 Å². The number of hydrogen-bond acceptors (Lipinski definition) is 0.